The minimum Gasteiger partial charge on any atom is -0.368 e. The fourth-order valence-corrected chi connectivity index (χ4v) is 1.76. The molecule has 1 unspecified atom stereocenters. The van der Waals surface area contributed by atoms with Crippen LogP contribution >= 0.6 is 0 Å². The topological polar surface area (TPSA) is 24.6 Å². The van der Waals surface area contributed by atoms with Gasteiger partial charge in [-0.1, -0.05) is 18.2 Å². The number of nitrogens with one attached hydrogen (secondary N) is 1. The maximum atomic E-state index is 5.23. The lowest BCUT2D eigenvalue weighted by Crippen LogP contribution is -1.99. The predicted molar refractivity (Wildman–Crippen MR) is 45.7 cm³/mol. The van der Waals surface area contributed by atoms with E-state index in [1.165, 1.54) is 16.7 Å². The Balaban J connectivity index is 2.03. The van der Waals surface area contributed by atoms with Crippen LogP contribution in [0.4, 0.5) is 0 Å². The van der Waals surface area contributed by atoms with E-state index in [9.17, 15) is 0 Å². The van der Waals surface area contributed by atoms with Gasteiger partial charge in [-0.3, -0.25) is 0 Å². The molecule has 0 radical (unpaired) electrons. The maximum Gasteiger partial charge on any atom is 0.106 e. The zero-order valence-electron chi connectivity index (χ0n) is 6.84. The molecule has 0 bridgehead atoms. The minimum absolute atomic E-state index is 0.399. The standard InChI is InChI=1S/C10H11NO/c1-2-8-4-11-5-9(8)3-7(1)10-6-12-10/h1-3,10-11H,4-6H2. The Morgan fingerprint density at radius 2 is 2.08 bits per heavy atom. The Morgan fingerprint density at radius 1 is 1.25 bits per heavy atom. The summed E-state index contributed by atoms with van der Waals surface area (Å²) in [6.45, 7) is 2.96. The van der Waals surface area contributed by atoms with Crippen LogP contribution in [0.25, 0.3) is 0 Å². The summed E-state index contributed by atoms with van der Waals surface area (Å²) in [5, 5.41) is 3.33. The lowest BCUT2D eigenvalue weighted by atomic mass is 10.0. The number of epoxide rings is 1. The molecular formula is C10H11NO. The highest BCUT2D eigenvalue weighted by Crippen LogP contribution is 2.31. The Labute approximate surface area is 71.5 Å². The second-order valence-corrected chi connectivity index (χ2v) is 3.45. The largest absolute Gasteiger partial charge is 0.368 e. The van der Waals surface area contributed by atoms with Gasteiger partial charge >= 0.3 is 0 Å². The zero-order valence-corrected chi connectivity index (χ0v) is 6.84. The van der Waals surface area contributed by atoms with Gasteiger partial charge < -0.3 is 10.1 Å². The van der Waals surface area contributed by atoms with Crippen LogP contribution in [0.3, 0.4) is 0 Å². The van der Waals surface area contributed by atoms with Gasteiger partial charge in [0.1, 0.15) is 6.10 Å². The first-order valence-corrected chi connectivity index (χ1v) is 4.37. The van der Waals surface area contributed by atoms with Gasteiger partial charge in [-0.15, -0.1) is 0 Å². The number of rotatable bonds is 1. The number of hydrogen-bond acceptors (Lipinski definition) is 2. The molecule has 12 heavy (non-hydrogen) atoms. The first-order valence-electron chi connectivity index (χ1n) is 4.37. The lowest BCUT2D eigenvalue weighted by molar-refractivity contribution is 0.415. The first-order chi connectivity index (χ1) is 5.93. The molecule has 1 aromatic carbocycles. The van der Waals surface area contributed by atoms with Crippen molar-refractivity contribution < 1.29 is 4.74 Å². The summed E-state index contributed by atoms with van der Waals surface area (Å²) in [4.78, 5) is 0. The molecule has 2 aliphatic rings. The Kier molecular flexibility index (Phi) is 1.28. The van der Waals surface area contributed by atoms with E-state index in [4.69, 9.17) is 4.74 Å². The molecule has 2 heterocycles. The van der Waals surface area contributed by atoms with E-state index in [2.05, 4.69) is 23.5 Å². The van der Waals surface area contributed by atoms with Gasteiger partial charge in [0.25, 0.3) is 0 Å². The molecule has 1 atom stereocenters. The molecule has 0 aliphatic carbocycles. The van der Waals surface area contributed by atoms with Gasteiger partial charge in [-0.25, -0.2) is 0 Å². The van der Waals surface area contributed by atoms with Crippen molar-refractivity contribution in [3.05, 3.63) is 34.9 Å². The van der Waals surface area contributed by atoms with Crippen LogP contribution in [0.2, 0.25) is 0 Å². The monoisotopic (exact) mass is 161 g/mol. The van der Waals surface area contributed by atoms with E-state index in [0.717, 1.165) is 19.7 Å². The van der Waals surface area contributed by atoms with Gasteiger partial charge in [0, 0.05) is 13.1 Å². The summed E-state index contributed by atoms with van der Waals surface area (Å²) < 4.78 is 5.23. The van der Waals surface area contributed by atoms with Crippen LogP contribution in [-0.4, -0.2) is 6.61 Å². The number of fused-ring (bicyclic) bond motifs is 1. The molecule has 0 aromatic heterocycles. The average Bonchev–Trinajstić information content (AvgIpc) is 2.84. The quantitative estimate of drug-likeness (QED) is 0.629. The summed E-state index contributed by atoms with van der Waals surface area (Å²) in [6.07, 6.45) is 0.399. The van der Waals surface area contributed by atoms with E-state index in [-0.39, 0.29) is 0 Å². The molecule has 2 heteroatoms. The van der Waals surface area contributed by atoms with Crippen LogP contribution in [0.1, 0.15) is 22.8 Å². The highest BCUT2D eigenvalue weighted by atomic mass is 16.6. The van der Waals surface area contributed by atoms with Crippen LogP contribution in [0.5, 0.6) is 0 Å². The smallest absolute Gasteiger partial charge is 0.106 e. The van der Waals surface area contributed by atoms with Gasteiger partial charge in [0.2, 0.25) is 0 Å². The molecule has 1 N–H and O–H groups in total. The zero-order chi connectivity index (χ0) is 7.97. The molecule has 1 fully saturated rings. The van der Waals surface area contributed by atoms with E-state index in [0.29, 0.717) is 6.10 Å². The number of benzene rings is 1. The fourth-order valence-electron chi connectivity index (χ4n) is 1.76. The second kappa shape index (κ2) is 2.31. The molecule has 1 saturated heterocycles. The normalized spacial score (nSPS) is 25.5. The van der Waals surface area contributed by atoms with Gasteiger partial charge in [-0.05, 0) is 16.7 Å². The molecule has 0 saturated carbocycles. The predicted octanol–water partition coefficient (Wildman–Crippen LogP) is 1.36. The van der Waals surface area contributed by atoms with Crippen molar-refractivity contribution in [2.75, 3.05) is 6.61 Å². The highest BCUT2D eigenvalue weighted by Gasteiger charge is 2.25. The number of hydrogen-bond donors (Lipinski definition) is 1. The van der Waals surface area contributed by atoms with Crippen LogP contribution in [0.15, 0.2) is 18.2 Å². The fraction of sp³-hybridized carbons (Fsp3) is 0.400. The van der Waals surface area contributed by atoms with E-state index in [1.54, 1.807) is 0 Å². The van der Waals surface area contributed by atoms with Crippen molar-refractivity contribution >= 4 is 0 Å². The van der Waals surface area contributed by atoms with E-state index >= 15 is 0 Å². The second-order valence-electron chi connectivity index (χ2n) is 3.45. The first kappa shape index (κ1) is 6.63. The van der Waals surface area contributed by atoms with Crippen molar-refractivity contribution in [3.63, 3.8) is 0 Å². The number of ether oxygens (including phenoxy) is 1. The Bertz CT molecular complexity index is 318. The molecule has 2 aliphatic heterocycles. The molecular weight excluding hydrogens is 150 g/mol. The van der Waals surface area contributed by atoms with E-state index in [1.807, 2.05) is 0 Å². The van der Waals surface area contributed by atoms with Gasteiger partial charge in [-0.2, -0.15) is 0 Å². The van der Waals surface area contributed by atoms with Crippen molar-refractivity contribution in [2.45, 2.75) is 19.2 Å². The molecule has 1 aromatic rings. The van der Waals surface area contributed by atoms with Crippen molar-refractivity contribution in [2.24, 2.45) is 0 Å². The Morgan fingerprint density at radius 3 is 2.92 bits per heavy atom. The molecule has 0 spiro atoms. The third-order valence-corrected chi connectivity index (χ3v) is 2.57. The Hall–Kier alpha value is -0.860. The summed E-state index contributed by atoms with van der Waals surface area (Å²) >= 11 is 0. The van der Waals surface area contributed by atoms with Crippen LogP contribution in [0, 0.1) is 0 Å². The summed E-state index contributed by atoms with van der Waals surface area (Å²) in [7, 11) is 0. The molecule has 3 rings (SSSR count). The van der Waals surface area contributed by atoms with Crippen LogP contribution < -0.4 is 5.32 Å². The highest BCUT2D eigenvalue weighted by molar-refractivity contribution is 5.36. The summed E-state index contributed by atoms with van der Waals surface area (Å²) in [5.41, 5.74) is 4.24. The third-order valence-electron chi connectivity index (χ3n) is 2.57. The SMILES string of the molecule is c1cc2c(cc1C1CO1)CNC2. The summed E-state index contributed by atoms with van der Waals surface area (Å²) in [5.74, 6) is 0. The van der Waals surface area contributed by atoms with Gasteiger partial charge in [0.15, 0.2) is 0 Å². The van der Waals surface area contributed by atoms with Gasteiger partial charge in [0.05, 0.1) is 6.61 Å². The van der Waals surface area contributed by atoms with Crippen molar-refractivity contribution in [3.8, 4) is 0 Å². The molecule has 62 valence electrons. The van der Waals surface area contributed by atoms with Crippen molar-refractivity contribution in [1.29, 1.82) is 0 Å². The summed E-state index contributed by atoms with van der Waals surface area (Å²) in [6, 6.07) is 6.67. The minimum atomic E-state index is 0.399. The van der Waals surface area contributed by atoms with Crippen molar-refractivity contribution in [1.82, 2.24) is 5.32 Å². The average molecular weight is 161 g/mol. The molecule has 0 amide bonds. The molecule has 2 nitrogen and oxygen atoms in total. The van der Waals surface area contributed by atoms with Crippen LogP contribution in [-0.2, 0) is 17.8 Å². The van der Waals surface area contributed by atoms with E-state index < -0.39 is 0 Å². The third kappa shape index (κ3) is 0.958. The maximum absolute atomic E-state index is 5.23. The lowest BCUT2D eigenvalue weighted by Gasteiger charge is -1.99.